The first-order valence-electron chi connectivity index (χ1n) is 7.17. The molecule has 0 amide bonds. The van der Waals surface area contributed by atoms with Crippen LogP contribution in [0.4, 0.5) is 4.39 Å². The molecule has 0 spiro atoms. The molecule has 0 heterocycles. The second kappa shape index (κ2) is 8.35. The summed E-state index contributed by atoms with van der Waals surface area (Å²) < 4.78 is 13.7. The summed E-state index contributed by atoms with van der Waals surface area (Å²) in [5.41, 5.74) is 0.390. The number of benzene rings is 1. The van der Waals surface area contributed by atoms with E-state index in [9.17, 15) is 9.50 Å². The van der Waals surface area contributed by atoms with E-state index >= 15 is 0 Å². The zero-order valence-corrected chi connectivity index (χ0v) is 13.0. The number of aliphatic hydroxyl groups is 1. The van der Waals surface area contributed by atoms with E-state index in [-0.39, 0.29) is 11.7 Å². The van der Waals surface area contributed by atoms with Crippen molar-refractivity contribution in [2.45, 2.75) is 19.4 Å². The van der Waals surface area contributed by atoms with Gasteiger partial charge in [0.05, 0.1) is 6.10 Å². The summed E-state index contributed by atoms with van der Waals surface area (Å²) in [7, 11) is 6.16. The van der Waals surface area contributed by atoms with Crippen molar-refractivity contribution < 1.29 is 9.50 Å². The van der Waals surface area contributed by atoms with Crippen LogP contribution < -0.4 is 0 Å². The van der Waals surface area contributed by atoms with Gasteiger partial charge in [0, 0.05) is 12.1 Å². The van der Waals surface area contributed by atoms with Crippen LogP contribution in [-0.2, 0) is 0 Å². The van der Waals surface area contributed by atoms with Crippen LogP contribution in [0.5, 0.6) is 0 Å². The molecule has 0 saturated carbocycles. The highest BCUT2D eigenvalue weighted by Gasteiger charge is 2.20. The lowest BCUT2D eigenvalue weighted by Gasteiger charge is -2.25. The normalized spacial score (nSPS) is 14.8. The summed E-state index contributed by atoms with van der Waals surface area (Å²) in [6.07, 6.45) is 0.332. The molecule has 1 aromatic carbocycles. The van der Waals surface area contributed by atoms with Crippen molar-refractivity contribution >= 4 is 0 Å². The van der Waals surface area contributed by atoms with E-state index in [1.54, 1.807) is 18.2 Å². The van der Waals surface area contributed by atoms with Crippen LogP contribution in [0.15, 0.2) is 24.3 Å². The van der Waals surface area contributed by atoms with Crippen LogP contribution in [0.3, 0.4) is 0 Å². The summed E-state index contributed by atoms with van der Waals surface area (Å²) in [5.74, 6) is -0.335. The smallest absolute Gasteiger partial charge is 0.129 e. The zero-order valence-electron chi connectivity index (χ0n) is 13.0. The summed E-state index contributed by atoms with van der Waals surface area (Å²) in [4.78, 5) is 4.35. The summed E-state index contributed by atoms with van der Waals surface area (Å²) in [6.45, 7) is 4.74. The molecule has 0 aliphatic carbocycles. The lowest BCUT2D eigenvalue weighted by atomic mass is 9.96. The summed E-state index contributed by atoms with van der Waals surface area (Å²) >= 11 is 0. The molecule has 20 heavy (non-hydrogen) atoms. The van der Waals surface area contributed by atoms with Gasteiger partial charge in [-0.15, -0.1) is 0 Å². The Hall–Kier alpha value is -0.970. The Morgan fingerprint density at radius 2 is 1.80 bits per heavy atom. The van der Waals surface area contributed by atoms with Gasteiger partial charge >= 0.3 is 0 Å². The predicted molar refractivity (Wildman–Crippen MR) is 81.2 cm³/mol. The van der Waals surface area contributed by atoms with Crippen LogP contribution >= 0.6 is 0 Å². The van der Waals surface area contributed by atoms with E-state index in [1.165, 1.54) is 6.07 Å². The SMILES string of the molecule is CC(CN(C)CCCN(C)C)C(O)c1ccccc1F. The average Bonchev–Trinajstić information content (AvgIpc) is 2.38. The van der Waals surface area contributed by atoms with Crippen LogP contribution in [0.1, 0.15) is 25.0 Å². The molecular weight excluding hydrogens is 255 g/mol. The van der Waals surface area contributed by atoms with Gasteiger partial charge in [0.1, 0.15) is 5.82 Å². The monoisotopic (exact) mass is 282 g/mol. The molecular formula is C16H27FN2O. The molecule has 2 unspecified atom stereocenters. The minimum absolute atomic E-state index is 0.00347. The van der Waals surface area contributed by atoms with E-state index in [1.807, 2.05) is 14.0 Å². The quantitative estimate of drug-likeness (QED) is 0.793. The Labute approximate surface area is 122 Å². The minimum Gasteiger partial charge on any atom is -0.388 e. The first-order chi connectivity index (χ1) is 9.41. The number of aliphatic hydroxyl groups excluding tert-OH is 1. The molecule has 0 saturated heterocycles. The third kappa shape index (κ3) is 5.57. The Morgan fingerprint density at radius 3 is 2.40 bits per heavy atom. The largest absolute Gasteiger partial charge is 0.388 e. The van der Waals surface area contributed by atoms with E-state index < -0.39 is 6.10 Å². The van der Waals surface area contributed by atoms with Crippen molar-refractivity contribution in [3.8, 4) is 0 Å². The maximum absolute atomic E-state index is 13.7. The molecule has 1 N–H and O–H groups in total. The van der Waals surface area contributed by atoms with Crippen molar-refractivity contribution in [1.29, 1.82) is 0 Å². The first kappa shape index (κ1) is 17.1. The molecule has 0 radical (unpaired) electrons. The van der Waals surface area contributed by atoms with Crippen molar-refractivity contribution in [1.82, 2.24) is 9.80 Å². The predicted octanol–water partition coefficient (Wildman–Crippen LogP) is 2.38. The van der Waals surface area contributed by atoms with Crippen molar-refractivity contribution in [3.05, 3.63) is 35.6 Å². The van der Waals surface area contributed by atoms with Crippen LogP contribution in [0.25, 0.3) is 0 Å². The first-order valence-corrected chi connectivity index (χ1v) is 7.17. The van der Waals surface area contributed by atoms with Crippen LogP contribution in [-0.4, -0.2) is 55.7 Å². The fourth-order valence-corrected chi connectivity index (χ4v) is 2.36. The number of rotatable bonds is 8. The lowest BCUT2D eigenvalue weighted by molar-refractivity contribution is 0.0910. The molecule has 3 nitrogen and oxygen atoms in total. The molecule has 2 atom stereocenters. The van der Waals surface area contributed by atoms with Crippen molar-refractivity contribution in [2.24, 2.45) is 5.92 Å². The van der Waals surface area contributed by atoms with Gasteiger partial charge in [-0.25, -0.2) is 4.39 Å². The Morgan fingerprint density at radius 1 is 1.15 bits per heavy atom. The van der Waals surface area contributed by atoms with Gasteiger partial charge in [-0.1, -0.05) is 25.1 Å². The molecule has 4 heteroatoms. The molecule has 0 aliphatic rings. The molecule has 1 aromatic rings. The highest BCUT2D eigenvalue weighted by atomic mass is 19.1. The maximum atomic E-state index is 13.7. The summed E-state index contributed by atoms with van der Waals surface area (Å²) in [5, 5.41) is 10.3. The number of hydrogen-bond acceptors (Lipinski definition) is 3. The standard InChI is InChI=1S/C16H27FN2O/c1-13(12-19(4)11-7-10-18(2)3)16(20)14-8-5-6-9-15(14)17/h5-6,8-9,13,16,20H,7,10-12H2,1-4H3. The van der Waals surface area contributed by atoms with E-state index in [0.717, 1.165) is 26.1 Å². The fraction of sp³-hybridized carbons (Fsp3) is 0.625. The molecule has 0 fully saturated rings. The third-order valence-electron chi connectivity index (χ3n) is 3.51. The van der Waals surface area contributed by atoms with Crippen LogP contribution in [0.2, 0.25) is 0 Å². The van der Waals surface area contributed by atoms with Gasteiger partial charge < -0.3 is 14.9 Å². The Bertz CT molecular complexity index is 398. The Balaban J connectivity index is 2.45. The summed E-state index contributed by atoms with van der Waals surface area (Å²) in [6, 6.07) is 6.45. The average molecular weight is 282 g/mol. The van der Waals surface area contributed by atoms with Gasteiger partial charge in [0.2, 0.25) is 0 Å². The molecule has 0 aliphatic heterocycles. The van der Waals surface area contributed by atoms with Crippen molar-refractivity contribution in [3.63, 3.8) is 0 Å². The van der Waals surface area contributed by atoms with Gasteiger partial charge in [0.25, 0.3) is 0 Å². The molecule has 1 rings (SSSR count). The molecule has 0 aromatic heterocycles. The highest BCUT2D eigenvalue weighted by molar-refractivity contribution is 5.20. The highest BCUT2D eigenvalue weighted by Crippen LogP contribution is 2.24. The number of hydrogen-bond donors (Lipinski definition) is 1. The molecule has 114 valence electrons. The van der Waals surface area contributed by atoms with E-state index in [4.69, 9.17) is 0 Å². The topological polar surface area (TPSA) is 26.7 Å². The second-order valence-electron chi connectivity index (χ2n) is 5.86. The Kier molecular flexibility index (Phi) is 7.13. The van der Waals surface area contributed by atoms with Crippen molar-refractivity contribution in [2.75, 3.05) is 40.8 Å². The molecule has 0 bridgehead atoms. The third-order valence-corrected chi connectivity index (χ3v) is 3.51. The lowest BCUT2D eigenvalue weighted by Crippen LogP contribution is -2.30. The zero-order chi connectivity index (χ0) is 15.1. The number of halogens is 1. The van der Waals surface area contributed by atoms with E-state index in [2.05, 4.69) is 23.9 Å². The van der Waals surface area contributed by atoms with Gasteiger partial charge in [-0.3, -0.25) is 0 Å². The maximum Gasteiger partial charge on any atom is 0.129 e. The fourth-order valence-electron chi connectivity index (χ4n) is 2.36. The van der Waals surface area contributed by atoms with Gasteiger partial charge in [-0.05, 0) is 52.6 Å². The number of nitrogens with zero attached hydrogens (tertiary/aromatic N) is 2. The van der Waals surface area contributed by atoms with Crippen LogP contribution in [0, 0.1) is 11.7 Å². The van der Waals surface area contributed by atoms with E-state index in [0.29, 0.717) is 5.56 Å². The minimum atomic E-state index is -0.757. The second-order valence-corrected chi connectivity index (χ2v) is 5.86. The van der Waals surface area contributed by atoms with Gasteiger partial charge in [-0.2, -0.15) is 0 Å². The van der Waals surface area contributed by atoms with Gasteiger partial charge in [0.15, 0.2) is 0 Å².